The standard InChI is InChI=1S/C38H47N3O4/c1-4-5-6-7-9-22-39-38(45)36(29-20-18-28(19-21-29)24-27(2)3)40-31-14-11-13-30(25-31)37(44)33-26-32(15-12-17-35(42)43)41-23-10-8-16-34(33)41/h8,10-11,13-14,16,18-21,23,25-27,36,40H,4-7,9,12,15,17,22,24H2,1-3H3,(H,39,45)(H,42,43). The minimum absolute atomic E-state index is 0.0745. The van der Waals surface area contributed by atoms with Crippen molar-refractivity contribution in [3.8, 4) is 0 Å². The van der Waals surface area contributed by atoms with Crippen LogP contribution in [0.25, 0.3) is 5.52 Å². The molecule has 2 aromatic carbocycles. The average molecular weight is 610 g/mol. The summed E-state index contributed by atoms with van der Waals surface area (Å²) in [5, 5.41) is 15.6. The number of aromatic nitrogens is 1. The summed E-state index contributed by atoms with van der Waals surface area (Å²) in [6, 6.07) is 22.5. The Labute approximate surface area is 267 Å². The zero-order valence-corrected chi connectivity index (χ0v) is 26.9. The number of nitrogens with one attached hydrogen (secondary N) is 2. The van der Waals surface area contributed by atoms with Gasteiger partial charge >= 0.3 is 5.97 Å². The quantitative estimate of drug-likeness (QED) is 0.0784. The highest BCUT2D eigenvalue weighted by Crippen LogP contribution is 2.26. The van der Waals surface area contributed by atoms with E-state index in [0.29, 0.717) is 42.1 Å². The van der Waals surface area contributed by atoms with E-state index in [-0.39, 0.29) is 18.1 Å². The third-order valence-corrected chi connectivity index (χ3v) is 8.06. The van der Waals surface area contributed by atoms with Crippen LogP contribution < -0.4 is 10.6 Å². The first kappa shape index (κ1) is 33.5. The second-order valence-electron chi connectivity index (χ2n) is 12.3. The summed E-state index contributed by atoms with van der Waals surface area (Å²) in [6.45, 7) is 7.20. The van der Waals surface area contributed by atoms with Crippen LogP contribution in [0.2, 0.25) is 0 Å². The fourth-order valence-electron chi connectivity index (χ4n) is 5.75. The number of amides is 1. The van der Waals surface area contributed by atoms with Crippen molar-refractivity contribution in [1.82, 2.24) is 9.72 Å². The molecule has 238 valence electrons. The molecule has 7 nitrogen and oxygen atoms in total. The summed E-state index contributed by atoms with van der Waals surface area (Å²) < 4.78 is 1.96. The molecule has 0 fully saturated rings. The van der Waals surface area contributed by atoms with Crippen molar-refractivity contribution in [2.45, 2.75) is 84.6 Å². The molecule has 4 aromatic rings. The number of rotatable bonds is 18. The number of pyridine rings is 1. The molecule has 2 aromatic heterocycles. The first-order valence-corrected chi connectivity index (χ1v) is 16.4. The number of fused-ring (bicyclic) bond motifs is 1. The van der Waals surface area contributed by atoms with Crippen LogP contribution in [-0.4, -0.2) is 33.7 Å². The van der Waals surface area contributed by atoms with Gasteiger partial charge in [0, 0.05) is 41.7 Å². The molecule has 0 aliphatic rings. The monoisotopic (exact) mass is 609 g/mol. The zero-order chi connectivity index (χ0) is 32.2. The smallest absolute Gasteiger partial charge is 0.303 e. The fraction of sp³-hybridized carbons (Fsp3) is 0.395. The van der Waals surface area contributed by atoms with Gasteiger partial charge in [-0.25, -0.2) is 0 Å². The second-order valence-corrected chi connectivity index (χ2v) is 12.3. The summed E-state index contributed by atoms with van der Waals surface area (Å²) in [7, 11) is 0. The molecule has 0 radical (unpaired) electrons. The van der Waals surface area contributed by atoms with Gasteiger partial charge < -0.3 is 20.1 Å². The average Bonchev–Trinajstić information content (AvgIpc) is 3.40. The van der Waals surface area contributed by atoms with E-state index in [2.05, 4.69) is 43.5 Å². The number of carbonyl (C=O) groups excluding carboxylic acids is 2. The van der Waals surface area contributed by atoms with Crippen molar-refractivity contribution >= 4 is 28.9 Å². The van der Waals surface area contributed by atoms with E-state index in [0.717, 1.165) is 36.0 Å². The number of ketones is 1. The van der Waals surface area contributed by atoms with Gasteiger partial charge in [0.25, 0.3) is 0 Å². The van der Waals surface area contributed by atoms with E-state index in [9.17, 15) is 14.4 Å². The van der Waals surface area contributed by atoms with Crippen molar-refractivity contribution in [2.24, 2.45) is 5.92 Å². The van der Waals surface area contributed by atoms with E-state index < -0.39 is 12.0 Å². The van der Waals surface area contributed by atoms with Gasteiger partial charge in [0.15, 0.2) is 5.78 Å². The van der Waals surface area contributed by atoms with Crippen LogP contribution >= 0.6 is 0 Å². The van der Waals surface area contributed by atoms with Gasteiger partial charge in [-0.3, -0.25) is 14.4 Å². The van der Waals surface area contributed by atoms with E-state index in [4.69, 9.17) is 5.11 Å². The van der Waals surface area contributed by atoms with E-state index in [1.165, 1.54) is 24.8 Å². The summed E-state index contributed by atoms with van der Waals surface area (Å²) in [5.74, 6) is -0.511. The van der Waals surface area contributed by atoms with Gasteiger partial charge in [0.2, 0.25) is 5.91 Å². The molecule has 3 N–H and O–H groups in total. The highest BCUT2D eigenvalue weighted by Gasteiger charge is 2.22. The molecule has 1 unspecified atom stereocenters. The minimum Gasteiger partial charge on any atom is -0.481 e. The van der Waals surface area contributed by atoms with Gasteiger partial charge in [-0.15, -0.1) is 0 Å². The van der Waals surface area contributed by atoms with Crippen molar-refractivity contribution in [3.63, 3.8) is 0 Å². The summed E-state index contributed by atoms with van der Waals surface area (Å²) in [5.41, 5.74) is 5.54. The van der Waals surface area contributed by atoms with Crippen molar-refractivity contribution in [1.29, 1.82) is 0 Å². The molecule has 4 rings (SSSR count). The summed E-state index contributed by atoms with van der Waals surface area (Å²) in [6.07, 6.45) is 9.60. The lowest BCUT2D eigenvalue weighted by Gasteiger charge is -2.21. The van der Waals surface area contributed by atoms with E-state index in [1.54, 1.807) is 12.1 Å². The lowest BCUT2D eigenvalue weighted by atomic mass is 9.98. The number of hydrogen-bond acceptors (Lipinski definition) is 4. The first-order valence-electron chi connectivity index (χ1n) is 16.4. The molecule has 0 aliphatic carbocycles. The van der Waals surface area contributed by atoms with Crippen molar-refractivity contribution < 1.29 is 19.5 Å². The molecule has 7 heteroatoms. The molecule has 0 spiro atoms. The largest absolute Gasteiger partial charge is 0.481 e. The molecule has 45 heavy (non-hydrogen) atoms. The molecular formula is C38H47N3O4. The topological polar surface area (TPSA) is 99.9 Å². The Morgan fingerprint density at radius 2 is 1.64 bits per heavy atom. The van der Waals surface area contributed by atoms with Crippen molar-refractivity contribution in [3.05, 3.63) is 107 Å². The Balaban J connectivity index is 1.56. The number of unbranched alkanes of at least 4 members (excludes halogenated alkanes) is 4. The number of aliphatic carboxylic acids is 1. The zero-order valence-electron chi connectivity index (χ0n) is 26.9. The Morgan fingerprint density at radius 1 is 0.867 bits per heavy atom. The molecule has 0 saturated carbocycles. The SMILES string of the molecule is CCCCCCCNC(=O)C(Nc1cccc(C(=O)c2cc(CCCC(=O)O)n3ccccc23)c1)c1ccc(CC(C)C)cc1. The number of anilines is 1. The fourth-order valence-corrected chi connectivity index (χ4v) is 5.75. The van der Waals surface area contributed by atoms with Gasteiger partial charge in [-0.1, -0.05) is 88.9 Å². The minimum atomic E-state index is -0.832. The number of carboxylic acid groups (broad SMARTS) is 1. The maximum atomic E-state index is 13.9. The van der Waals surface area contributed by atoms with Gasteiger partial charge in [-0.05, 0) is 73.1 Å². The number of hydrogen-bond donors (Lipinski definition) is 3. The maximum absolute atomic E-state index is 13.9. The van der Waals surface area contributed by atoms with E-state index >= 15 is 0 Å². The van der Waals surface area contributed by atoms with Crippen LogP contribution in [0.5, 0.6) is 0 Å². The molecule has 2 heterocycles. The molecular weight excluding hydrogens is 562 g/mol. The van der Waals surface area contributed by atoms with Gasteiger partial charge in [-0.2, -0.15) is 0 Å². The summed E-state index contributed by atoms with van der Waals surface area (Å²) >= 11 is 0. The second kappa shape index (κ2) is 16.6. The van der Waals surface area contributed by atoms with Crippen LogP contribution in [-0.2, 0) is 22.4 Å². The molecule has 0 aliphatic heterocycles. The van der Waals surface area contributed by atoms with Gasteiger partial charge in [0.05, 0.1) is 5.52 Å². The highest BCUT2D eigenvalue weighted by atomic mass is 16.4. The molecule has 0 saturated heterocycles. The number of carbonyl (C=O) groups is 3. The van der Waals surface area contributed by atoms with Crippen molar-refractivity contribution in [2.75, 3.05) is 11.9 Å². The normalized spacial score (nSPS) is 11.9. The Bertz CT molecular complexity index is 1570. The van der Waals surface area contributed by atoms with Crippen LogP contribution in [0, 0.1) is 5.92 Å². The Morgan fingerprint density at radius 3 is 2.38 bits per heavy atom. The van der Waals surface area contributed by atoms with E-state index in [1.807, 2.05) is 59.1 Å². The number of benzene rings is 2. The van der Waals surface area contributed by atoms with Crippen LogP contribution in [0.15, 0.2) is 79.0 Å². The molecule has 1 atom stereocenters. The lowest BCUT2D eigenvalue weighted by molar-refractivity contribution is -0.137. The van der Waals surface area contributed by atoms with Crippen LogP contribution in [0.4, 0.5) is 5.69 Å². The summed E-state index contributed by atoms with van der Waals surface area (Å²) in [4.78, 5) is 38.4. The molecule has 0 bridgehead atoms. The Hall–Kier alpha value is -4.39. The first-order chi connectivity index (χ1) is 21.8. The van der Waals surface area contributed by atoms with Crippen LogP contribution in [0.3, 0.4) is 0 Å². The highest BCUT2D eigenvalue weighted by molar-refractivity contribution is 6.14. The third-order valence-electron chi connectivity index (χ3n) is 8.06. The Kier molecular flexibility index (Phi) is 12.4. The third kappa shape index (κ3) is 9.55. The number of carboxylic acids is 1. The molecule has 1 amide bonds. The lowest BCUT2D eigenvalue weighted by Crippen LogP contribution is -2.34. The number of nitrogens with zero attached hydrogens (tertiary/aromatic N) is 1. The number of aryl methyl sites for hydroxylation is 1. The van der Waals surface area contributed by atoms with Gasteiger partial charge in [0.1, 0.15) is 6.04 Å². The van der Waals surface area contributed by atoms with Crippen LogP contribution in [0.1, 0.15) is 105 Å². The maximum Gasteiger partial charge on any atom is 0.303 e. The predicted octanol–water partition coefficient (Wildman–Crippen LogP) is 8.02. The predicted molar refractivity (Wildman–Crippen MR) is 181 cm³/mol.